The van der Waals surface area contributed by atoms with Crippen LogP contribution in [0.2, 0.25) is 0 Å². The SMILES string of the molecule is C/C=c1/ccc(Nc2cc(C(F)(F)F)ccn2)n/c1=C(\Cl)CC. The largest absolute Gasteiger partial charge is 0.416 e. The first-order valence-electron chi connectivity index (χ1n) is 6.97. The van der Waals surface area contributed by atoms with Crippen molar-refractivity contribution < 1.29 is 13.2 Å². The Morgan fingerprint density at radius 1 is 1.26 bits per heavy atom. The third-order valence-electron chi connectivity index (χ3n) is 3.15. The van der Waals surface area contributed by atoms with Crippen molar-refractivity contribution in [3.05, 3.63) is 46.6 Å². The lowest BCUT2D eigenvalue weighted by Gasteiger charge is -2.09. The van der Waals surface area contributed by atoms with E-state index in [1.807, 2.05) is 19.9 Å². The van der Waals surface area contributed by atoms with Gasteiger partial charge in [-0.25, -0.2) is 9.97 Å². The average molecular weight is 342 g/mol. The van der Waals surface area contributed by atoms with E-state index < -0.39 is 11.7 Å². The molecule has 0 fully saturated rings. The van der Waals surface area contributed by atoms with Gasteiger partial charge in [0.2, 0.25) is 0 Å². The second-order valence-corrected chi connectivity index (χ2v) is 5.19. The van der Waals surface area contributed by atoms with E-state index in [9.17, 15) is 13.2 Å². The Morgan fingerprint density at radius 3 is 2.61 bits per heavy atom. The van der Waals surface area contributed by atoms with Crippen molar-refractivity contribution in [2.45, 2.75) is 26.4 Å². The number of pyridine rings is 2. The molecule has 0 aliphatic rings. The molecule has 1 N–H and O–H groups in total. The first kappa shape index (κ1) is 17.3. The van der Waals surface area contributed by atoms with Gasteiger partial charge in [-0.2, -0.15) is 13.2 Å². The van der Waals surface area contributed by atoms with E-state index in [0.29, 0.717) is 22.6 Å². The second-order valence-electron chi connectivity index (χ2n) is 4.73. The zero-order valence-electron chi connectivity index (χ0n) is 12.6. The van der Waals surface area contributed by atoms with Crippen LogP contribution in [0.1, 0.15) is 25.8 Å². The predicted molar refractivity (Wildman–Crippen MR) is 85.7 cm³/mol. The van der Waals surface area contributed by atoms with Crippen LogP contribution in [0.3, 0.4) is 0 Å². The third kappa shape index (κ3) is 4.22. The molecule has 0 radical (unpaired) electrons. The fourth-order valence-electron chi connectivity index (χ4n) is 1.96. The van der Waals surface area contributed by atoms with E-state index >= 15 is 0 Å². The van der Waals surface area contributed by atoms with E-state index in [-0.39, 0.29) is 5.82 Å². The summed E-state index contributed by atoms with van der Waals surface area (Å²) in [5, 5.41) is 4.83. The molecule has 0 spiro atoms. The van der Waals surface area contributed by atoms with Crippen LogP contribution in [0.5, 0.6) is 0 Å². The van der Waals surface area contributed by atoms with Gasteiger partial charge in [-0.1, -0.05) is 24.6 Å². The summed E-state index contributed by atoms with van der Waals surface area (Å²) in [5.41, 5.74) is -0.771. The van der Waals surface area contributed by atoms with E-state index in [2.05, 4.69) is 15.3 Å². The highest BCUT2D eigenvalue weighted by atomic mass is 35.5. The Balaban J connectivity index is 2.43. The molecule has 2 aromatic heterocycles. The van der Waals surface area contributed by atoms with Crippen molar-refractivity contribution in [1.82, 2.24) is 9.97 Å². The lowest BCUT2D eigenvalue weighted by Crippen LogP contribution is -2.29. The number of nitrogens with one attached hydrogen (secondary N) is 1. The fraction of sp³-hybridized carbons (Fsp3) is 0.250. The van der Waals surface area contributed by atoms with Crippen molar-refractivity contribution in [2.24, 2.45) is 0 Å². The molecule has 0 aliphatic carbocycles. The van der Waals surface area contributed by atoms with Crippen molar-refractivity contribution in [2.75, 3.05) is 5.32 Å². The number of hydrogen-bond donors (Lipinski definition) is 1. The van der Waals surface area contributed by atoms with E-state index in [4.69, 9.17) is 11.6 Å². The van der Waals surface area contributed by atoms with E-state index in [0.717, 1.165) is 23.5 Å². The molecule has 2 aromatic rings. The molecule has 23 heavy (non-hydrogen) atoms. The van der Waals surface area contributed by atoms with Gasteiger partial charge in [0.1, 0.15) is 11.6 Å². The summed E-state index contributed by atoms with van der Waals surface area (Å²) in [6, 6.07) is 5.32. The van der Waals surface area contributed by atoms with Crippen LogP contribution in [0.15, 0.2) is 30.5 Å². The number of rotatable bonds is 3. The second kappa shape index (κ2) is 7.00. The van der Waals surface area contributed by atoms with Gasteiger partial charge < -0.3 is 5.32 Å². The molecule has 0 atom stereocenters. The Labute approximate surface area is 136 Å². The molecule has 2 heterocycles. The van der Waals surface area contributed by atoms with Crippen LogP contribution >= 0.6 is 11.6 Å². The summed E-state index contributed by atoms with van der Waals surface area (Å²) in [6.07, 6.45) is -0.836. The summed E-state index contributed by atoms with van der Waals surface area (Å²) in [6.45, 7) is 3.76. The Morgan fingerprint density at radius 2 is 2.00 bits per heavy atom. The smallest absolute Gasteiger partial charge is 0.325 e. The topological polar surface area (TPSA) is 37.8 Å². The monoisotopic (exact) mass is 341 g/mol. The molecule has 0 saturated heterocycles. The Bertz CT molecular complexity index is 816. The van der Waals surface area contributed by atoms with Gasteiger partial charge in [0.05, 0.1) is 10.9 Å². The molecule has 122 valence electrons. The van der Waals surface area contributed by atoms with Crippen LogP contribution < -0.4 is 15.9 Å². The van der Waals surface area contributed by atoms with E-state index in [1.165, 1.54) is 0 Å². The van der Waals surface area contributed by atoms with Gasteiger partial charge in [0, 0.05) is 11.2 Å². The minimum Gasteiger partial charge on any atom is -0.325 e. The molecular formula is C16H15ClF3N3. The first-order valence-corrected chi connectivity index (χ1v) is 7.35. The quantitative estimate of drug-likeness (QED) is 0.922. The Kier molecular flexibility index (Phi) is 5.26. The molecule has 7 heteroatoms. The van der Waals surface area contributed by atoms with Gasteiger partial charge in [-0.15, -0.1) is 0 Å². The minimum atomic E-state index is -4.42. The van der Waals surface area contributed by atoms with Gasteiger partial charge in [0.15, 0.2) is 0 Å². The van der Waals surface area contributed by atoms with E-state index in [1.54, 1.807) is 12.1 Å². The molecule has 0 aliphatic heterocycles. The lowest BCUT2D eigenvalue weighted by atomic mass is 10.2. The molecule has 3 nitrogen and oxygen atoms in total. The third-order valence-corrected chi connectivity index (χ3v) is 3.59. The summed E-state index contributed by atoms with van der Waals surface area (Å²) in [7, 11) is 0. The van der Waals surface area contributed by atoms with Crippen LogP contribution in [0.4, 0.5) is 24.8 Å². The fourth-order valence-corrected chi connectivity index (χ4v) is 2.12. The van der Waals surface area contributed by atoms with Gasteiger partial charge in [-0.05, 0) is 42.8 Å². The van der Waals surface area contributed by atoms with Crippen molar-refractivity contribution >= 4 is 34.3 Å². The standard InChI is InChI=1S/C16H15ClF3N3/c1-3-10-5-6-13(23-15(10)12(17)4-2)22-14-9-11(7-8-21-14)16(18,19)20/h3,5-9H,4H2,1-2H3,(H,21,22,23)/b10-3-,15-12-. The number of nitrogens with zero attached hydrogens (tertiary/aromatic N) is 2. The molecule has 0 aromatic carbocycles. The normalized spacial score (nSPS) is 13.9. The number of anilines is 2. The van der Waals surface area contributed by atoms with Crippen LogP contribution in [-0.2, 0) is 6.18 Å². The zero-order valence-corrected chi connectivity index (χ0v) is 13.3. The number of halogens is 4. The van der Waals surface area contributed by atoms with Crippen molar-refractivity contribution in [3.8, 4) is 0 Å². The number of alkyl halides is 3. The first-order chi connectivity index (χ1) is 10.8. The minimum absolute atomic E-state index is 0.0686. The number of aromatic nitrogens is 2. The molecular weight excluding hydrogens is 327 g/mol. The maximum absolute atomic E-state index is 12.7. The molecule has 0 amide bonds. The molecule has 0 saturated carbocycles. The van der Waals surface area contributed by atoms with Gasteiger partial charge in [0.25, 0.3) is 0 Å². The number of hydrogen-bond acceptors (Lipinski definition) is 3. The molecule has 2 rings (SSSR count). The molecule has 0 bridgehead atoms. The summed E-state index contributed by atoms with van der Waals surface area (Å²) in [5.74, 6) is 0.447. The average Bonchev–Trinajstić information content (AvgIpc) is 2.53. The summed E-state index contributed by atoms with van der Waals surface area (Å²) >= 11 is 6.18. The van der Waals surface area contributed by atoms with Crippen LogP contribution in [0, 0.1) is 0 Å². The summed E-state index contributed by atoms with van der Waals surface area (Å²) in [4.78, 5) is 8.26. The molecule has 0 unspecified atom stereocenters. The van der Waals surface area contributed by atoms with Crippen LogP contribution in [0.25, 0.3) is 11.1 Å². The van der Waals surface area contributed by atoms with Gasteiger partial charge >= 0.3 is 6.18 Å². The van der Waals surface area contributed by atoms with Crippen molar-refractivity contribution in [3.63, 3.8) is 0 Å². The lowest BCUT2D eigenvalue weighted by molar-refractivity contribution is -0.137. The zero-order chi connectivity index (χ0) is 17.0. The maximum atomic E-state index is 12.7. The highest BCUT2D eigenvalue weighted by Crippen LogP contribution is 2.30. The van der Waals surface area contributed by atoms with Crippen molar-refractivity contribution in [1.29, 1.82) is 0 Å². The maximum Gasteiger partial charge on any atom is 0.416 e. The van der Waals surface area contributed by atoms with Gasteiger partial charge in [-0.3, -0.25) is 0 Å². The summed E-state index contributed by atoms with van der Waals surface area (Å²) < 4.78 is 38.2. The highest BCUT2D eigenvalue weighted by Gasteiger charge is 2.30. The predicted octanol–water partition coefficient (Wildman–Crippen LogP) is 3.80. The Hall–Kier alpha value is -2.08. The van der Waals surface area contributed by atoms with Crippen LogP contribution in [-0.4, -0.2) is 9.97 Å². The highest BCUT2D eigenvalue weighted by molar-refractivity contribution is 6.44.